The van der Waals surface area contributed by atoms with Crippen LogP contribution in [0.25, 0.3) is 16.8 Å². The number of methoxy groups -OCH3 is 1. The van der Waals surface area contributed by atoms with Gasteiger partial charge in [-0.05, 0) is 55.0 Å². The Hall–Kier alpha value is -4.61. The lowest BCUT2D eigenvalue weighted by atomic mass is 10.1. The lowest BCUT2D eigenvalue weighted by molar-refractivity contribution is -0.123. The summed E-state index contributed by atoms with van der Waals surface area (Å²) in [4.78, 5) is 28.5. The summed E-state index contributed by atoms with van der Waals surface area (Å²) in [6.45, 7) is 0.953. The molecule has 0 radical (unpaired) electrons. The summed E-state index contributed by atoms with van der Waals surface area (Å²) in [5.74, 6) is -0.262. The van der Waals surface area contributed by atoms with E-state index in [1.54, 1.807) is 47.1 Å². The highest BCUT2D eigenvalue weighted by Gasteiger charge is 2.27. The highest BCUT2D eigenvalue weighted by atomic mass is 19.4. The third kappa shape index (κ3) is 6.15. The molecule has 0 fully saturated rings. The summed E-state index contributed by atoms with van der Waals surface area (Å²) in [5.41, 5.74) is 3.21. The Morgan fingerprint density at radius 2 is 1.62 bits per heavy atom. The molecule has 2 aromatic heterocycles. The van der Waals surface area contributed by atoms with Crippen molar-refractivity contribution in [1.29, 1.82) is 0 Å². The summed E-state index contributed by atoms with van der Waals surface area (Å²) in [5, 5.41) is 12.1. The molecule has 192 valence electrons. The number of anilines is 2. The van der Waals surface area contributed by atoms with Gasteiger partial charge in [0.15, 0.2) is 5.65 Å². The van der Waals surface area contributed by atoms with Gasteiger partial charge in [-0.3, -0.25) is 9.59 Å². The van der Waals surface area contributed by atoms with Crippen LogP contribution in [0.4, 0.5) is 24.8 Å². The first-order valence-corrected chi connectivity index (χ1v) is 11.2. The Morgan fingerprint density at radius 1 is 0.946 bits per heavy atom. The number of carbonyl (C=O) groups is 2. The quantitative estimate of drug-likeness (QED) is 0.327. The normalized spacial score (nSPS) is 11.3. The molecule has 0 bridgehead atoms. The largest absolute Gasteiger partial charge is 0.495 e. The molecule has 12 heteroatoms. The Morgan fingerprint density at radius 3 is 2.30 bits per heavy atom. The zero-order valence-electron chi connectivity index (χ0n) is 19.9. The van der Waals surface area contributed by atoms with Crippen molar-refractivity contribution in [1.82, 2.24) is 25.2 Å². The van der Waals surface area contributed by atoms with Gasteiger partial charge in [0.25, 0.3) is 11.8 Å². The summed E-state index contributed by atoms with van der Waals surface area (Å²) >= 11 is 0. The van der Waals surface area contributed by atoms with Crippen LogP contribution in [0.5, 0.6) is 5.75 Å². The molecule has 37 heavy (non-hydrogen) atoms. The second-order valence-corrected chi connectivity index (χ2v) is 7.93. The number of nitrogens with one attached hydrogen (secondary N) is 3. The van der Waals surface area contributed by atoms with Gasteiger partial charge in [-0.15, -0.1) is 5.10 Å². The van der Waals surface area contributed by atoms with Crippen LogP contribution >= 0.6 is 0 Å². The standard InChI is InChI=1S/C25H23F3N6O3/c1-3-29-23(36)17-8-10-19(20(12-17)37-2)31-24-32-21-11-9-18(13-34(21)33-24)15-4-6-16(7-5-15)22(35)30-14-25(26,27)28/h4-13H,3,14H2,1-2H3,(H,29,36)(H,30,35)(H,31,33). The van der Waals surface area contributed by atoms with Crippen molar-refractivity contribution in [2.75, 3.05) is 25.5 Å². The van der Waals surface area contributed by atoms with Gasteiger partial charge in [0.1, 0.15) is 12.3 Å². The monoisotopic (exact) mass is 512 g/mol. The van der Waals surface area contributed by atoms with Gasteiger partial charge in [0.05, 0.1) is 12.8 Å². The second kappa shape index (κ2) is 10.6. The number of alkyl halides is 3. The molecular formula is C25H23F3N6O3. The topological polar surface area (TPSA) is 110 Å². The van der Waals surface area contributed by atoms with Crippen LogP contribution in [0.15, 0.2) is 60.8 Å². The molecule has 3 N–H and O–H groups in total. The third-order valence-corrected chi connectivity index (χ3v) is 5.31. The molecule has 0 aliphatic rings. The molecule has 0 unspecified atom stereocenters. The fourth-order valence-electron chi connectivity index (χ4n) is 3.52. The van der Waals surface area contributed by atoms with E-state index in [9.17, 15) is 22.8 Å². The summed E-state index contributed by atoms with van der Waals surface area (Å²) in [6, 6.07) is 14.7. The van der Waals surface area contributed by atoms with E-state index in [1.165, 1.54) is 19.2 Å². The average Bonchev–Trinajstić information content (AvgIpc) is 3.29. The van der Waals surface area contributed by atoms with E-state index >= 15 is 0 Å². The van der Waals surface area contributed by atoms with Crippen molar-refractivity contribution in [3.8, 4) is 16.9 Å². The van der Waals surface area contributed by atoms with Crippen molar-refractivity contribution in [3.63, 3.8) is 0 Å². The maximum Gasteiger partial charge on any atom is 0.405 e. The number of pyridine rings is 1. The minimum absolute atomic E-state index is 0.119. The first-order chi connectivity index (χ1) is 17.7. The molecule has 4 rings (SSSR count). The Balaban J connectivity index is 1.51. The summed E-state index contributed by atoms with van der Waals surface area (Å²) < 4.78 is 43.9. The van der Waals surface area contributed by atoms with E-state index in [2.05, 4.69) is 20.7 Å². The van der Waals surface area contributed by atoms with E-state index < -0.39 is 18.6 Å². The van der Waals surface area contributed by atoms with Crippen LogP contribution in [0.2, 0.25) is 0 Å². The summed E-state index contributed by atoms with van der Waals surface area (Å²) in [7, 11) is 1.50. The number of hydrogen-bond donors (Lipinski definition) is 3. The first kappa shape index (κ1) is 25.5. The number of ether oxygens (including phenoxy) is 1. The number of carbonyl (C=O) groups excluding carboxylic acids is 2. The molecule has 0 aliphatic carbocycles. The maximum atomic E-state index is 12.3. The number of benzene rings is 2. The number of hydrogen-bond acceptors (Lipinski definition) is 6. The Labute approximate surface area is 209 Å². The van der Waals surface area contributed by atoms with Gasteiger partial charge >= 0.3 is 6.18 Å². The highest BCUT2D eigenvalue weighted by Crippen LogP contribution is 2.28. The SMILES string of the molecule is CCNC(=O)c1ccc(Nc2nc3ccc(-c4ccc(C(=O)NCC(F)(F)F)cc4)cn3n2)c(OC)c1. The molecule has 0 spiro atoms. The highest BCUT2D eigenvalue weighted by molar-refractivity contribution is 5.95. The van der Waals surface area contributed by atoms with Crippen molar-refractivity contribution in [2.24, 2.45) is 0 Å². The van der Waals surface area contributed by atoms with Crippen molar-refractivity contribution in [2.45, 2.75) is 13.1 Å². The Bertz CT molecular complexity index is 1430. The molecule has 0 aliphatic heterocycles. The summed E-state index contributed by atoms with van der Waals surface area (Å²) in [6.07, 6.45) is -2.74. The fourth-order valence-corrected chi connectivity index (χ4v) is 3.52. The van der Waals surface area contributed by atoms with Crippen LogP contribution in [0, 0.1) is 0 Å². The zero-order valence-corrected chi connectivity index (χ0v) is 19.9. The molecule has 2 aromatic carbocycles. The van der Waals surface area contributed by atoms with E-state index in [1.807, 2.05) is 18.3 Å². The van der Waals surface area contributed by atoms with Crippen molar-refractivity contribution >= 4 is 29.1 Å². The molecule has 0 saturated heterocycles. The second-order valence-electron chi connectivity index (χ2n) is 7.93. The van der Waals surface area contributed by atoms with Crippen LogP contribution in [-0.2, 0) is 0 Å². The first-order valence-electron chi connectivity index (χ1n) is 11.2. The van der Waals surface area contributed by atoms with E-state index in [0.717, 1.165) is 11.1 Å². The molecule has 9 nitrogen and oxygen atoms in total. The van der Waals surface area contributed by atoms with E-state index in [4.69, 9.17) is 4.74 Å². The van der Waals surface area contributed by atoms with E-state index in [0.29, 0.717) is 35.1 Å². The minimum atomic E-state index is -4.48. The number of fused-ring (bicyclic) bond motifs is 1. The van der Waals surface area contributed by atoms with Crippen LogP contribution < -0.4 is 20.7 Å². The molecular weight excluding hydrogens is 489 g/mol. The predicted molar refractivity (Wildman–Crippen MR) is 131 cm³/mol. The van der Waals surface area contributed by atoms with Gasteiger partial charge in [-0.1, -0.05) is 12.1 Å². The van der Waals surface area contributed by atoms with Gasteiger partial charge in [0.2, 0.25) is 5.95 Å². The third-order valence-electron chi connectivity index (χ3n) is 5.31. The zero-order chi connectivity index (χ0) is 26.6. The maximum absolute atomic E-state index is 12.3. The van der Waals surface area contributed by atoms with Crippen LogP contribution in [-0.4, -0.2) is 52.8 Å². The smallest absolute Gasteiger partial charge is 0.405 e. The predicted octanol–water partition coefficient (Wildman–Crippen LogP) is 4.19. The average molecular weight is 512 g/mol. The number of aromatic nitrogens is 3. The number of nitrogens with zero attached hydrogens (tertiary/aromatic N) is 3. The van der Waals surface area contributed by atoms with Gasteiger partial charge in [0, 0.05) is 29.4 Å². The molecule has 4 aromatic rings. The van der Waals surface area contributed by atoms with Crippen molar-refractivity contribution in [3.05, 3.63) is 71.9 Å². The van der Waals surface area contributed by atoms with Gasteiger partial charge in [-0.2, -0.15) is 18.2 Å². The van der Waals surface area contributed by atoms with E-state index in [-0.39, 0.29) is 11.5 Å². The van der Waals surface area contributed by atoms with Gasteiger partial charge < -0.3 is 20.7 Å². The molecule has 0 saturated carbocycles. The minimum Gasteiger partial charge on any atom is -0.495 e. The Kier molecular flexibility index (Phi) is 7.27. The fraction of sp³-hybridized carbons (Fsp3) is 0.200. The van der Waals surface area contributed by atoms with Crippen LogP contribution in [0.3, 0.4) is 0 Å². The number of amides is 2. The van der Waals surface area contributed by atoms with Crippen LogP contribution in [0.1, 0.15) is 27.6 Å². The molecule has 2 amide bonds. The number of rotatable bonds is 8. The lowest BCUT2D eigenvalue weighted by Crippen LogP contribution is -2.33. The molecule has 2 heterocycles. The number of halogens is 3. The van der Waals surface area contributed by atoms with Gasteiger partial charge in [-0.25, -0.2) is 4.52 Å². The molecule has 0 atom stereocenters. The lowest BCUT2D eigenvalue weighted by Gasteiger charge is -2.10. The van der Waals surface area contributed by atoms with Crippen molar-refractivity contribution < 1.29 is 27.5 Å².